The lowest BCUT2D eigenvalue weighted by Crippen LogP contribution is -2.37. The Hall–Kier alpha value is -1.53. The summed E-state index contributed by atoms with van der Waals surface area (Å²) in [7, 11) is 0. The monoisotopic (exact) mass is 289 g/mol. The fourth-order valence-electron chi connectivity index (χ4n) is 2.37. The van der Waals surface area contributed by atoms with E-state index in [2.05, 4.69) is 5.10 Å². The molecule has 20 heavy (non-hydrogen) atoms. The van der Waals surface area contributed by atoms with E-state index in [4.69, 9.17) is 0 Å². The Labute approximate surface area is 115 Å². The Bertz CT molecular complexity index is 462. The first kappa shape index (κ1) is 14.9. The molecule has 7 heteroatoms. The van der Waals surface area contributed by atoms with Crippen molar-refractivity contribution in [1.82, 2.24) is 14.7 Å². The van der Waals surface area contributed by atoms with Gasteiger partial charge in [-0.3, -0.25) is 9.48 Å². The van der Waals surface area contributed by atoms with Gasteiger partial charge in [0.15, 0.2) is 5.69 Å². The van der Waals surface area contributed by atoms with E-state index in [0.717, 1.165) is 36.4 Å². The number of carbonyl (C=O) groups excluding carboxylic acids is 1. The predicted molar refractivity (Wildman–Crippen MR) is 67.0 cm³/mol. The lowest BCUT2D eigenvalue weighted by molar-refractivity contribution is -0.142. The van der Waals surface area contributed by atoms with Crippen LogP contribution in [0.15, 0.2) is 12.3 Å². The highest BCUT2D eigenvalue weighted by atomic mass is 19.4. The van der Waals surface area contributed by atoms with Gasteiger partial charge in [-0.1, -0.05) is 12.8 Å². The molecule has 4 nitrogen and oxygen atoms in total. The Morgan fingerprint density at radius 2 is 1.85 bits per heavy atom. The van der Waals surface area contributed by atoms with Gasteiger partial charge in [-0.15, -0.1) is 0 Å². The van der Waals surface area contributed by atoms with Crippen LogP contribution in [-0.4, -0.2) is 33.7 Å². The predicted octanol–water partition coefficient (Wildman–Crippen LogP) is 2.87. The summed E-state index contributed by atoms with van der Waals surface area (Å²) in [5.41, 5.74) is -0.965. The Balaban J connectivity index is 2.08. The third kappa shape index (κ3) is 3.32. The summed E-state index contributed by atoms with van der Waals surface area (Å²) in [5, 5.41) is 3.46. The SMILES string of the molecule is CC(C(=O)N1CCCCCC1)n1ccc(C(F)(F)F)n1. The van der Waals surface area contributed by atoms with Crippen molar-refractivity contribution >= 4 is 5.91 Å². The molecule has 0 saturated carbocycles. The van der Waals surface area contributed by atoms with E-state index in [-0.39, 0.29) is 5.91 Å². The van der Waals surface area contributed by atoms with Crippen LogP contribution in [-0.2, 0) is 11.0 Å². The van der Waals surface area contributed by atoms with E-state index in [1.54, 1.807) is 11.8 Å². The van der Waals surface area contributed by atoms with Crippen LogP contribution in [0.1, 0.15) is 44.3 Å². The molecule has 1 atom stereocenters. The molecule has 1 unspecified atom stereocenters. The molecule has 0 bridgehead atoms. The average molecular weight is 289 g/mol. The van der Waals surface area contributed by atoms with Gasteiger partial charge in [-0.25, -0.2) is 0 Å². The topological polar surface area (TPSA) is 38.1 Å². The molecule has 0 aromatic carbocycles. The molecule has 2 heterocycles. The van der Waals surface area contributed by atoms with Crippen molar-refractivity contribution in [2.24, 2.45) is 0 Å². The Morgan fingerprint density at radius 3 is 2.35 bits per heavy atom. The summed E-state index contributed by atoms with van der Waals surface area (Å²) in [6.45, 7) is 2.94. The molecule has 1 aliphatic rings. The standard InChI is InChI=1S/C13H18F3N3O/c1-10(12(20)18-7-4-2-3-5-8-18)19-9-6-11(17-19)13(14,15)16/h6,9-10H,2-5,7-8H2,1H3. The highest BCUT2D eigenvalue weighted by molar-refractivity contribution is 5.80. The highest BCUT2D eigenvalue weighted by Crippen LogP contribution is 2.28. The average Bonchev–Trinajstić information content (AvgIpc) is 2.74. The first-order chi connectivity index (χ1) is 9.39. The molecule has 0 aliphatic carbocycles. The number of amides is 1. The molecule has 2 rings (SSSR count). The van der Waals surface area contributed by atoms with Gasteiger partial charge in [-0.05, 0) is 25.8 Å². The minimum Gasteiger partial charge on any atom is -0.341 e. The number of likely N-dealkylation sites (tertiary alicyclic amines) is 1. The van der Waals surface area contributed by atoms with Crippen LogP contribution < -0.4 is 0 Å². The molecule has 1 aliphatic heterocycles. The molecule has 0 spiro atoms. The fraction of sp³-hybridized carbons (Fsp3) is 0.692. The van der Waals surface area contributed by atoms with Crippen molar-refractivity contribution in [3.8, 4) is 0 Å². The van der Waals surface area contributed by atoms with Gasteiger partial charge in [0, 0.05) is 19.3 Å². The third-order valence-electron chi connectivity index (χ3n) is 3.57. The second kappa shape index (κ2) is 5.85. The number of halogens is 3. The largest absolute Gasteiger partial charge is 0.435 e. The van der Waals surface area contributed by atoms with Gasteiger partial charge >= 0.3 is 6.18 Å². The van der Waals surface area contributed by atoms with Gasteiger partial charge in [0.2, 0.25) is 5.91 Å². The third-order valence-corrected chi connectivity index (χ3v) is 3.57. The maximum absolute atomic E-state index is 12.5. The second-order valence-corrected chi connectivity index (χ2v) is 5.09. The van der Waals surface area contributed by atoms with Crippen LogP contribution in [0.3, 0.4) is 0 Å². The molecule has 0 N–H and O–H groups in total. The lowest BCUT2D eigenvalue weighted by atomic mass is 10.2. The molecule has 1 fully saturated rings. The maximum atomic E-state index is 12.5. The minimum atomic E-state index is -4.48. The zero-order valence-corrected chi connectivity index (χ0v) is 11.4. The van der Waals surface area contributed by atoms with Crippen LogP contribution in [0.2, 0.25) is 0 Å². The van der Waals surface area contributed by atoms with Crippen molar-refractivity contribution in [2.75, 3.05) is 13.1 Å². The van der Waals surface area contributed by atoms with E-state index < -0.39 is 17.9 Å². The van der Waals surface area contributed by atoms with Crippen molar-refractivity contribution in [2.45, 2.75) is 44.8 Å². The van der Waals surface area contributed by atoms with Gasteiger partial charge in [0.25, 0.3) is 0 Å². The minimum absolute atomic E-state index is 0.163. The smallest absolute Gasteiger partial charge is 0.341 e. The van der Waals surface area contributed by atoms with E-state index in [9.17, 15) is 18.0 Å². The molecule has 1 amide bonds. The zero-order valence-electron chi connectivity index (χ0n) is 11.4. The summed E-state index contributed by atoms with van der Waals surface area (Å²) in [6, 6.07) is 0.191. The van der Waals surface area contributed by atoms with Crippen LogP contribution >= 0.6 is 0 Å². The van der Waals surface area contributed by atoms with Gasteiger partial charge in [0.05, 0.1) is 0 Å². The summed E-state index contributed by atoms with van der Waals surface area (Å²) in [5.74, 6) is -0.163. The van der Waals surface area contributed by atoms with Crippen molar-refractivity contribution in [3.05, 3.63) is 18.0 Å². The van der Waals surface area contributed by atoms with Gasteiger partial charge in [-0.2, -0.15) is 18.3 Å². The van der Waals surface area contributed by atoms with Gasteiger partial charge < -0.3 is 4.90 Å². The number of hydrogen-bond donors (Lipinski definition) is 0. The normalized spacial score (nSPS) is 18.7. The van der Waals surface area contributed by atoms with E-state index in [0.29, 0.717) is 13.1 Å². The van der Waals surface area contributed by atoms with E-state index >= 15 is 0 Å². The zero-order chi connectivity index (χ0) is 14.8. The number of rotatable bonds is 2. The molecule has 1 aromatic rings. The maximum Gasteiger partial charge on any atom is 0.435 e. The van der Waals surface area contributed by atoms with Gasteiger partial charge in [0.1, 0.15) is 6.04 Å². The molecule has 1 aromatic heterocycles. The van der Waals surface area contributed by atoms with E-state index in [1.807, 2.05) is 0 Å². The van der Waals surface area contributed by atoms with Crippen molar-refractivity contribution < 1.29 is 18.0 Å². The molecular weight excluding hydrogens is 271 g/mol. The Morgan fingerprint density at radius 1 is 1.25 bits per heavy atom. The number of nitrogens with zero attached hydrogens (tertiary/aromatic N) is 3. The number of aromatic nitrogens is 2. The summed E-state index contributed by atoms with van der Waals surface area (Å²) in [6.07, 6.45) is 0.826. The van der Waals surface area contributed by atoms with Crippen molar-refractivity contribution in [1.29, 1.82) is 0 Å². The van der Waals surface area contributed by atoms with Crippen LogP contribution in [0.4, 0.5) is 13.2 Å². The van der Waals surface area contributed by atoms with E-state index in [1.165, 1.54) is 6.20 Å². The molecule has 0 radical (unpaired) electrons. The number of alkyl halides is 3. The number of hydrogen-bond acceptors (Lipinski definition) is 2. The summed E-state index contributed by atoms with van der Waals surface area (Å²) >= 11 is 0. The summed E-state index contributed by atoms with van der Waals surface area (Å²) in [4.78, 5) is 14.0. The van der Waals surface area contributed by atoms with Crippen LogP contribution in [0.25, 0.3) is 0 Å². The van der Waals surface area contributed by atoms with Crippen LogP contribution in [0.5, 0.6) is 0 Å². The summed E-state index contributed by atoms with van der Waals surface area (Å²) < 4.78 is 38.6. The fourth-order valence-corrected chi connectivity index (χ4v) is 2.37. The Kier molecular flexibility index (Phi) is 4.35. The first-order valence-electron chi connectivity index (χ1n) is 6.81. The molecule has 112 valence electrons. The molecular formula is C13H18F3N3O. The van der Waals surface area contributed by atoms with Crippen LogP contribution in [0, 0.1) is 0 Å². The highest BCUT2D eigenvalue weighted by Gasteiger charge is 2.34. The molecule has 1 saturated heterocycles. The number of carbonyl (C=O) groups is 1. The second-order valence-electron chi connectivity index (χ2n) is 5.09. The van der Waals surface area contributed by atoms with Crippen molar-refractivity contribution in [3.63, 3.8) is 0 Å². The lowest BCUT2D eigenvalue weighted by Gasteiger charge is -2.24. The first-order valence-corrected chi connectivity index (χ1v) is 6.81. The quantitative estimate of drug-likeness (QED) is 0.839.